The van der Waals surface area contributed by atoms with Gasteiger partial charge in [0.05, 0.1) is 13.7 Å². The standard InChI is InChI=1S/C22H29FN2O3/c1-5-25(15-22(26)24(2)3)12-11-17-9-10-20(21(14-17)27-4)28-16-18-7-6-8-19(23)13-18/h6-10,13-14H,5,11-12,15-16H2,1-4H3. The number of carbonyl (C=O) groups excluding carboxylic acids is 1. The molecule has 5 nitrogen and oxygen atoms in total. The van der Waals surface area contributed by atoms with Crippen molar-refractivity contribution in [3.8, 4) is 11.5 Å². The summed E-state index contributed by atoms with van der Waals surface area (Å²) in [6.45, 7) is 4.32. The van der Waals surface area contributed by atoms with Crippen LogP contribution >= 0.6 is 0 Å². The van der Waals surface area contributed by atoms with Crippen molar-refractivity contribution < 1.29 is 18.7 Å². The molecule has 0 heterocycles. The number of ether oxygens (including phenoxy) is 2. The first-order valence-corrected chi connectivity index (χ1v) is 9.39. The topological polar surface area (TPSA) is 42.0 Å². The summed E-state index contributed by atoms with van der Waals surface area (Å²) in [7, 11) is 5.13. The Morgan fingerprint density at radius 3 is 2.50 bits per heavy atom. The SMILES string of the molecule is CCN(CCc1ccc(OCc2cccc(F)c2)c(OC)c1)CC(=O)N(C)C. The Kier molecular flexibility index (Phi) is 8.26. The molecule has 0 aliphatic rings. The maximum Gasteiger partial charge on any atom is 0.236 e. The van der Waals surface area contributed by atoms with E-state index in [1.807, 2.05) is 31.2 Å². The molecule has 0 saturated carbocycles. The third-order valence-corrected chi connectivity index (χ3v) is 4.53. The second kappa shape index (κ2) is 10.7. The van der Waals surface area contributed by atoms with Gasteiger partial charge in [-0.15, -0.1) is 0 Å². The number of hydrogen-bond acceptors (Lipinski definition) is 4. The van der Waals surface area contributed by atoms with E-state index in [1.165, 1.54) is 12.1 Å². The fraction of sp³-hybridized carbons (Fsp3) is 0.409. The first-order chi connectivity index (χ1) is 13.4. The number of methoxy groups -OCH3 is 1. The van der Waals surface area contributed by atoms with Crippen LogP contribution in [0.25, 0.3) is 0 Å². The van der Waals surface area contributed by atoms with Gasteiger partial charge in [0.1, 0.15) is 12.4 Å². The maximum atomic E-state index is 13.3. The van der Waals surface area contributed by atoms with Gasteiger partial charge < -0.3 is 14.4 Å². The predicted octanol–water partition coefficient (Wildman–Crippen LogP) is 3.37. The maximum absolute atomic E-state index is 13.3. The van der Waals surface area contributed by atoms with Crippen molar-refractivity contribution in [1.29, 1.82) is 0 Å². The van der Waals surface area contributed by atoms with E-state index in [2.05, 4.69) is 4.90 Å². The third-order valence-electron chi connectivity index (χ3n) is 4.53. The molecule has 152 valence electrons. The molecule has 2 rings (SSSR count). The summed E-state index contributed by atoms with van der Waals surface area (Å²) in [5, 5.41) is 0. The lowest BCUT2D eigenvalue weighted by atomic mass is 10.1. The van der Waals surface area contributed by atoms with Gasteiger partial charge in [0.25, 0.3) is 0 Å². The summed E-state index contributed by atoms with van der Waals surface area (Å²) in [5.74, 6) is 1.07. The van der Waals surface area contributed by atoms with Crippen molar-refractivity contribution in [2.75, 3.05) is 40.8 Å². The Hall–Kier alpha value is -2.60. The van der Waals surface area contributed by atoms with Gasteiger partial charge in [-0.05, 0) is 48.4 Å². The normalized spacial score (nSPS) is 10.8. The van der Waals surface area contributed by atoms with Crippen LogP contribution in [-0.4, -0.2) is 56.5 Å². The second-order valence-electron chi connectivity index (χ2n) is 6.81. The molecule has 1 amide bonds. The molecule has 0 aliphatic heterocycles. The summed E-state index contributed by atoms with van der Waals surface area (Å²) in [6.07, 6.45) is 0.801. The lowest BCUT2D eigenvalue weighted by Gasteiger charge is -2.22. The molecular weight excluding hydrogens is 359 g/mol. The molecule has 0 fully saturated rings. The zero-order valence-electron chi connectivity index (χ0n) is 17.1. The van der Waals surface area contributed by atoms with Crippen LogP contribution in [0.1, 0.15) is 18.1 Å². The van der Waals surface area contributed by atoms with Crippen molar-refractivity contribution in [3.05, 3.63) is 59.4 Å². The summed E-state index contributed by atoms with van der Waals surface area (Å²) >= 11 is 0. The molecule has 0 saturated heterocycles. The number of likely N-dealkylation sites (N-methyl/N-ethyl adjacent to an activating group) is 2. The van der Waals surface area contributed by atoms with E-state index in [-0.39, 0.29) is 18.3 Å². The Bertz CT molecular complexity index is 780. The predicted molar refractivity (Wildman–Crippen MR) is 108 cm³/mol. The fourth-order valence-corrected chi connectivity index (χ4v) is 2.74. The molecule has 0 unspecified atom stereocenters. The van der Waals surface area contributed by atoms with Crippen molar-refractivity contribution in [2.24, 2.45) is 0 Å². The van der Waals surface area contributed by atoms with Crippen LogP contribution < -0.4 is 9.47 Å². The summed E-state index contributed by atoms with van der Waals surface area (Å²) < 4.78 is 24.5. The largest absolute Gasteiger partial charge is 0.493 e. The lowest BCUT2D eigenvalue weighted by Crippen LogP contribution is -2.37. The lowest BCUT2D eigenvalue weighted by molar-refractivity contribution is -0.129. The quantitative estimate of drug-likeness (QED) is 0.626. The van der Waals surface area contributed by atoms with Crippen LogP contribution in [-0.2, 0) is 17.8 Å². The third kappa shape index (κ3) is 6.53. The van der Waals surface area contributed by atoms with Gasteiger partial charge in [-0.2, -0.15) is 0 Å². The summed E-state index contributed by atoms with van der Waals surface area (Å²) in [6, 6.07) is 12.1. The van der Waals surface area contributed by atoms with E-state index in [9.17, 15) is 9.18 Å². The highest BCUT2D eigenvalue weighted by molar-refractivity contribution is 5.77. The zero-order chi connectivity index (χ0) is 20.5. The van der Waals surface area contributed by atoms with Crippen molar-refractivity contribution in [3.63, 3.8) is 0 Å². The van der Waals surface area contributed by atoms with Crippen LogP contribution in [0.2, 0.25) is 0 Å². The number of hydrogen-bond donors (Lipinski definition) is 0. The van der Waals surface area contributed by atoms with Crippen LogP contribution in [0.15, 0.2) is 42.5 Å². The van der Waals surface area contributed by atoms with E-state index in [0.29, 0.717) is 18.0 Å². The number of carbonyl (C=O) groups is 1. The molecule has 28 heavy (non-hydrogen) atoms. The average molecular weight is 388 g/mol. The van der Waals surface area contributed by atoms with Crippen LogP contribution in [0.4, 0.5) is 4.39 Å². The molecule has 0 aliphatic carbocycles. The molecule has 0 spiro atoms. The highest BCUT2D eigenvalue weighted by Crippen LogP contribution is 2.29. The fourth-order valence-electron chi connectivity index (χ4n) is 2.74. The molecule has 2 aromatic carbocycles. The molecule has 0 bridgehead atoms. The van der Waals surface area contributed by atoms with Crippen LogP contribution in [0, 0.1) is 5.82 Å². The van der Waals surface area contributed by atoms with Gasteiger partial charge >= 0.3 is 0 Å². The van der Waals surface area contributed by atoms with Crippen LogP contribution in [0.3, 0.4) is 0 Å². The van der Waals surface area contributed by atoms with Gasteiger partial charge in [0.2, 0.25) is 5.91 Å². The second-order valence-corrected chi connectivity index (χ2v) is 6.81. The molecule has 0 radical (unpaired) electrons. The highest BCUT2D eigenvalue weighted by Gasteiger charge is 2.12. The van der Waals surface area contributed by atoms with Gasteiger partial charge in [-0.3, -0.25) is 9.69 Å². The van der Waals surface area contributed by atoms with E-state index in [4.69, 9.17) is 9.47 Å². The van der Waals surface area contributed by atoms with Crippen molar-refractivity contribution >= 4 is 5.91 Å². The Morgan fingerprint density at radius 1 is 1.07 bits per heavy atom. The Balaban J connectivity index is 1.96. The molecular formula is C22H29FN2O3. The van der Waals surface area contributed by atoms with Crippen molar-refractivity contribution in [2.45, 2.75) is 20.0 Å². The minimum absolute atomic E-state index is 0.0977. The molecule has 2 aromatic rings. The minimum Gasteiger partial charge on any atom is -0.493 e. The molecule has 0 aromatic heterocycles. The van der Waals surface area contributed by atoms with Gasteiger partial charge in [0, 0.05) is 20.6 Å². The van der Waals surface area contributed by atoms with Gasteiger partial charge in [-0.25, -0.2) is 4.39 Å². The number of rotatable bonds is 10. The van der Waals surface area contributed by atoms with E-state index in [0.717, 1.165) is 30.6 Å². The minimum atomic E-state index is -0.281. The molecule has 0 atom stereocenters. The average Bonchev–Trinajstić information content (AvgIpc) is 2.69. The van der Waals surface area contributed by atoms with Crippen LogP contribution in [0.5, 0.6) is 11.5 Å². The first kappa shape index (κ1) is 21.7. The summed E-state index contributed by atoms with van der Waals surface area (Å²) in [4.78, 5) is 15.6. The van der Waals surface area contributed by atoms with E-state index in [1.54, 1.807) is 32.2 Å². The monoisotopic (exact) mass is 388 g/mol. The number of nitrogens with zero attached hydrogens (tertiary/aromatic N) is 2. The highest BCUT2D eigenvalue weighted by atomic mass is 19.1. The smallest absolute Gasteiger partial charge is 0.236 e. The number of halogens is 1. The van der Waals surface area contributed by atoms with Crippen molar-refractivity contribution in [1.82, 2.24) is 9.80 Å². The number of amides is 1. The first-order valence-electron chi connectivity index (χ1n) is 9.39. The van der Waals surface area contributed by atoms with Gasteiger partial charge in [0.15, 0.2) is 11.5 Å². The molecule has 6 heteroatoms. The van der Waals surface area contributed by atoms with Gasteiger partial charge in [-0.1, -0.05) is 25.1 Å². The Labute approximate surface area is 166 Å². The molecule has 0 N–H and O–H groups in total. The summed E-state index contributed by atoms with van der Waals surface area (Å²) in [5.41, 5.74) is 1.86. The number of benzene rings is 2. The van der Waals surface area contributed by atoms with E-state index >= 15 is 0 Å². The zero-order valence-corrected chi connectivity index (χ0v) is 17.1. The Morgan fingerprint density at radius 2 is 1.86 bits per heavy atom. The van der Waals surface area contributed by atoms with E-state index < -0.39 is 0 Å².